The van der Waals surface area contributed by atoms with Gasteiger partial charge in [-0.1, -0.05) is 24.7 Å². The smallest absolute Gasteiger partial charge is 0.0702 e. The molecule has 0 amide bonds. The molecular formula is C16H17. The van der Waals surface area contributed by atoms with E-state index < -0.39 is 0 Å². The molecule has 0 heterocycles. The Morgan fingerprint density at radius 3 is 2.56 bits per heavy atom. The first kappa shape index (κ1) is 14.2. The Labute approximate surface area is 100 Å². The van der Waals surface area contributed by atoms with Gasteiger partial charge in [-0.15, -0.1) is 30.1 Å². The van der Waals surface area contributed by atoms with E-state index in [0.29, 0.717) is 6.42 Å². The zero-order valence-corrected chi connectivity index (χ0v) is 10.1. The minimum Gasteiger partial charge on any atom is -0.120 e. The molecule has 0 saturated heterocycles. The van der Waals surface area contributed by atoms with Crippen molar-refractivity contribution < 1.29 is 0 Å². The Kier molecular flexibility index (Phi) is 10.1. The topological polar surface area (TPSA) is 0 Å². The highest BCUT2D eigenvalue weighted by Gasteiger charge is 2.02. The van der Waals surface area contributed by atoms with Gasteiger partial charge in [0.2, 0.25) is 0 Å². The second-order valence-corrected chi connectivity index (χ2v) is 3.10. The molecule has 0 aliphatic heterocycles. The first-order chi connectivity index (χ1) is 7.85. The Balaban J connectivity index is 4.16. The second-order valence-electron chi connectivity index (χ2n) is 3.10. The quantitative estimate of drug-likeness (QED) is 0.626. The number of hydrogen-bond donors (Lipinski definition) is 0. The Bertz CT molecular complexity index is 387. The van der Waals surface area contributed by atoms with Crippen LogP contribution in [0.5, 0.6) is 0 Å². The summed E-state index contributed by atoms with van der Waals surface area (Å²) in [6.07, 6.45) is 9.05. The van der Waals surface area contributed by atoms with Crippen molar-refractivity contribution in [2.45, 2.75) is 46.0 Å². The van der Waals surface area contributed by atoms with Gasteiger partial charge in [0.05, 0.1) is 12.3 Å². The summed E-state index contributed by atoms with van der Waals surface area (Å²) >= 11 is 0. The van der Waals surface area contributed by atoms with Crippen molar-refractivity contribution in [2.24, 2.45) is 0 Å². The van der Waals surface area contributed by atoms with Crippen molar-refractivity contribution in [3.63, 3.8) is 0 Å². The largest absolute Gasteiger partial charge is 0.120 e. The van der Waals surface area contributed by atoms with Crippen molar-refractivity contribution in [3.05, 3.63) is 5.92 Å². The first-order valence-electron chi connectivity index (χ1n) is 5.47. The Morgan fingerprint density at radius 2 is 1.94 bits per heavy atom. The van der Waals surface area contributed by atoms with Crippen LogP contribution in [-0.2, 0) is 0 Å². The molecule has 0 aromatic rings. The highest BCUT2D eigenvalue weighted by atomic mass is 14.0. The lowest BCUT2D eigenvalue weighted by Crippen LogP contribution is -1.92. The Morgan fingerprint density at radius 1 is 1.12 bits per heavy atom. The predicted octanol–water partition coefficient (Wildman–Crippen LogP) is 3.19. The van der Waals surface area contributed by atoms with Gasteiger partial charge in [-0.3, -0.25) is 0 Å². The molecule has 1 radical (unpaired) electrons. The molecule has 16 heavy (non-hydrogen) atoms. The maximum atomic E-state index is 5.23. The van der Waals surface area contributed by atoms with E-state index in [-0.39, 0.29) is 0 Å². The lowest BCUT2D eigenvalue weighted by Gasteiger charge is -2.01. The van der Waals surface area contributed by atoms with E-state index in [4.69, 9.17) is 6.42 Å². The monoisotopic (exact) mass is 209 g/mol. The van der Waals surface area contributed by atoms with Crippen LogP contribution in [0.4, 0.5) is 0 Å². The highest BCUT2D eigenvalue weighted by molar-refractivity contribution is 5.28. The number of rotatable bonds is 3. The van der Waals surface area contributed by atoms with Crippen LogP contribution in [0.3, 0.4) is 0 Å². The average molecular weight is 209 g/mol. The van der Waals surface area contributed by atoms with E-state index in [9.17, 15) is 0 Å². The normalized spacial score (nSPS) is 7.62. The zero-order valence-electron chi connectivity index (χ0n) is 10.1. The van der Waals surface area contributed by atoms with Crippen molar-refractivity contribution >= 4 is 0 Å². The van der Waals surface area contributed by atoms with E-state index in [1.807, 2.05) is 13.8 Å². The molecule has 0 heteroatoms. The van der Waals surface area contributed by atoms with Gasteiger partial charge in [0.15, 0.2) is 0 Å². The molecule has 0 bridgehead atoms. The summed E-state index contributed by atoms with van der Waals surface area (Å²) in [5.41, 5.74) is 0. The molecule has 0 aliphatic carbocycles. The maximum absolute atomic E-state index is 5.23. The van der Waals surface area contributed by atoms with E-state index >= 15 is 0 Å². The van der Waals surface area contributed by atoms with E-state index in [0.717, 1.165) is 31.6 Å². The van der Waals surface area contributed by atoms with Crippen LogP contribution in [0.1, 0.15) is 46.0 Å². The van der Waals surface area contributed by atoms with E-state index in [1.54, 1.807) is 0 Å². The lowest BCUT2D eigenvalue weighted by atomic mass is 10.0. The third-order valence-corrected chi connectivity index (χ3v) is 1.79. The van der Waals surface area contributed by atoms with Gasteiger partial charge in [0.1, 0.15) is 0 Å². The molecule has 0 aromatic carbocycles. The van der Waals surface area contributed by atoms with Crippen LogP contribution in [0.25, 0.3) is 0 Å². The molecule has 81 valence electrons. The fraction of sp³-hybridized carbons (Fsp3) is 0.438. The van der Waals surface area contributed by atoms with Gasteiger partial charge < -0.3 is 0 Å². The summed E-state index contributed by atoms with van der Waals surface area (Å²) in [4.78, 5) is 0. The molecule has 0 atom stereocenters. The fourth-order valence-corrected chi connectivity index (χ4v) is 1.01. The molecule has 0 nitrogen and oxygen atoms in total. The second kappa shape index (κ2) is 11.3. The maximum Gasteiger partial charge on any atom is 0.0702 e. The molecule has 0 aliphatic rings. The molecule has 0 saturated carbocycles. The number of hydrogen-bond acceptors (Lipinski definition) is 0. The summed E-state index contributed by atoms with van der Waals surface area (Å²) in [5, 5.41) is 0. The first-order valence-corrected chi connectivity index (χ1v) is 5.47. The van der Waals surface area contributed by atoms with Crippen molar-refractivity contribution in [2.75, 3.05) is 0 Å². The van der Waals surface area contributed by atoms with Crippen LogP contribution in [0.2, 0.25) is 0 Å². The van der Waals surface area contributed by atoms with Crippen LogP contribution in [-0.4, -0.2) is 0 Å². The molecular weight excluding hydrogens is 192 g/mol. The molecule has 0 unspecified atom stereocenters. The van der Waals surface area contributed by atoms with Crippen molar-refractivity contribution in [1.82, 2.24) is 0 Å². The summed E-state index contributed by atoms with van der Waals surface area (Å²) in [5.74, 6) is 21.8. The van der Waals surface area contributed by atoms with Gasteiger partial charge in [0, 0.05) is 19.3 Å². The predicted molar refractivity (Wildman–Crippen MR) is 69.8 cm³/mol. The SMILES string of the molecule is C#CCC[C](C#CCC#CCC)CC#CC. The van der Waals surface area contributed by atoms with Crippen LogP contribution >= 0.6 is 0 Å². The number of terminal acetylenes is 1. The fourth-order valence-electron chi connectivity index (χ4n) is 1.01. The molecule has 0 rings (SSSR count). The van der Waals surface area contributed by atoms with Crippen molar-refractivity contribution in [1.29, 1.82) is 0 Å². The Hall–Kier alpha value is -1.76. The summed E-state index contributed by atoms with van der Waals surface area (Å²) < 4.78 is 0. The molecule has 0 aromatic heterocycles. The van der Waals surface area contributed by atoms with Crippen molar-refractivity contribution in [3.8, 4) is 47.9 Å². The summed E-state index contributed by atoms with van der Waals surface area (Å²) in [6.45, 7) is 3.86. The standard InChI is InChI=1S/C16H17/c1-4-7-10-11-12-15-16(13-8-5-2)14-9-6-3/h2H,4,8,11,13-14H2,1,3H3. The van der Waals surface area contributed by atoms with Gasteiger partial charge >= 0.3 is 0 Å². The highest BCUT2D eigenvalue weighted by Crippen LogP contribution is 2.11. The van der Waals surface area contributed by atoms with Gasteiger partial charge in [-0.2, -0.15) is 0 Å². The minimum atomic E-state index is 0.632. The van der Waals surface area contributed by atoms with Crippen LogP contribution in [0.15, 0.2) is 0 Å². The summed E-state index contributed by atoms with van der Waals surface area (Å²) in [7, 11) is 0. The van der Waals surface area contributed by atoms with E-state index in [2.05, 4.69) is 41.4 Å². The van der Waals surface area contributed by atoms with Gasteiger partial charge in [-0.25, -0.2) is 0 Å². The third kappa shape index (κ3) is 8.82. The summed E-state index contributed by atoms with van der Waals surface area (Å²) in [6, 6.07) is 0. The lowest BCUT2D eigenvalue weighted by molar-refractivity contribution is 0.890. The molecule has 0 N–H and O–H groups in total. The third-order valence-electron chi connectivity index (χ3n) is 1.79. The van der Waals surface area contributed by atoms with Gasteiger partial charge in [-0.05, 0) is 13.3 Å². The van der Waals surface area contributed by atoms with E-state index in [1.165, 1.54) is 0 Å². The molecule has 0 fully saturated rings. The minimum absolute atomic E-state index is 0.632. The molecule has 0 spiro atoms. The van der Waals surface area contributed by atoms with Gasteiger partial charge in [0.25, 0.3) is 0 Å². The van der Waals surface area contributed by atoms with Crippen LogP contribution in [0, 0.1) is 53.8 Å². The van der Waals surface area contributed by atoms with Crippen LogP contribution < -0.4 is 0 Å². The zero-order chi connectivity index (χ0) is 12.1. The average Bonchev–Trinajstić information content (AvgIpc) is 2.31.